The number of rotatable bonds is 3. The van der Waals surface area contributed by atoms with Gasteiger partial charge in [0, 0.05) is 0 Å². The maximum Gasteiger partial charge on any atom is 0.511 e. The van der Waals surface area contributed by atoms with Crippen molar-refractivity contribution in [2.75, 3.05) is 7.11 Å². The van der Waals surface area contributed by atoms with E-state index in [1.165, 1.54) is 19.2 Å². The van der Waals surface area contributed by atoms with Gasteiger partial charge in [-0.2, -0.15) is 0 Å². The van der Waals surface area contributed by atoms with Gasteiger partial charge in [-0.05, 0) is 12.1 Å². The Labute approximate surface area is 84.0 Å². The largest absolute Gasteiger partial charge is 0.511 e. The van der Waals surface area contributed by atoms with Crippen LogP contribution in [0.4, 0.5) is 10.5 Å². The van der Waals surface area contributed by atoms with Crippen molar-refractivity contribution in [3.63, 3.8) is 0 Å². The third kappa shape index (κ3) is 2.56. The van der Waals surface area contributed by atoms with Crippen molar-refractivity contribution in [3.8, 4) is 11.5 Å². The molecule has 0 aliphatic carbocycles. The number of benzene rings is 1. The second-order valence-electron chi connectivity index (χ2n) is 2.46. The molecule has 1 N–H and O–H groups in total. The fraction of sp³-hybridized carbons (Fsp3) is 0.125. The second kappa shape index (κ2) is 4.27. The molecular formula is C8H7NO6. The van der Waals surface area contributed by atoms with Crippen LogP contribution in [0.25, 0.3) is 0 Å². The summed E-state index contributed by atoms with van der Waals surface area (Å²) in [5.41, 5.74) is -0.351. The lowest BCUT2D eigenvalue weighted by Gasteiger charge is -2.03. The molecule has 0 aromatic heterocycles. The minimum atomic E-state index is -1.53. The van der Waals surface area contributed by atoms with E-state index in [9.17, 15) is 14.9 Å². The Morgan fingerprint density at radius 2 is 2.20 bits per heavy atom. The number of carboxylic acid groups (broad SMARTS) is 1. The molecule has 1 aromatic rings. The van der Waals surface area contributed by atoms with Crippen molar-refractivity contribution < 1.29 is 24.3 Å². The van der Waals surface area contributed by atoms with E-state index in [1.54, 1.807) is 0 Å². The van der Waals surface area contributed by atoms with Crippen LogP contribution >= 0.6 is 0 Å². The average Bonchev–Trinajstić information content (AvgIpc) is 2.16. The predicted molar refractivity (Wildman–Crippen MR) is 48.3 cm³/mol. The first-order chi connectivity index (χ1) is 7.04. The standard InChI is InChI=1S/C8H7NO6/c1-14-7-3-2-5(15-8(10)11)4-6(7)9(12)13/h2-4H,1H3,(H,10,11). The molecule has 0 atom stereocenters. The second-order valence-corrected chi connectivity index (χ2v) is 2.46. The summed E-state index contributed by atoms with van der Waals surface area (Å²) in [5.74, 6) is -0.0901. The first-order valence-electron chi connectivity index (χ1n) is 3.78. The normalized spacial score (nSPS) is 9.40. The minimum Gasteiger partial charge on any atom is -0.490 e. The van der Waals surface area contributed by atoms with Crippen molar-refractivity contribution in [1.29, 1.82) is 0 Å². The Balaban J connectivity index is 3.10. The molecule has 0 radical (unpaired) electrons. The van der Waals surface area contributed by atoms with Gasteiger partial charge in [-0.15, -0.1) is 0 Å². The molecule has 1 aromatic carbocycles. The van der Waals surface area contributed by atoms with E-state index >= 15 is 0 Å². The minimum absolute atomic E-state index is 0.0396. The highest BCUT2D eigenvalue weighted by Crippen LogP contribution is 2.30. The Morgan fingerprint density at radius 1 is 1.53 bits per heavy atom. The smallest absolute Gasteiger partial charge is 0.490 e. The molecule has 7 nitrogen and oxygen atoms in total. The number of carbonyl (C=O) groups is 1. The van der Waals surface area contributed by atoms with E-state index in [1.807, 2.05) is 0 Å². The van der Waals surface area contributed by atoms with Gasteiger partial charge in [-0.25, -0.2) is 4.79 Å². The van der Waals surface area contributed by atoms with Gasteiger partial charge in [-0.3, -0.25) is 10.1 Å². The van der Waals surface area contributed by atoms with Gasteiger partial charge in [-0.1, -0.05) is 0 Å². The fourth-order valence-electron chi connectivity index (χ4n) is 0.977. The zero-order valence-corrected chi connectivity index (χ0v) is 7.67. The van der Waals surface area contributed by atoms with Crippen LogP contribution in [0.15, 0.2) is 18.2 Å². The van der Waals surface area contributed by atoms with Gasteiger partial charge in [0.2, 0.25) is 0 Å². The quantitative estimate of drug-likeness (QED) is 0.354. The molecule has 0 amide bonds. The molecule has 0 fully saturated rings. The summed E-state index contributed by atoms with van der Waals surface area (Å²) in [6.45, 7) is 0. The third-order valence-corrected chi connectivity index (χ3v) is 1.55. The highest BCUT2D eigenvalue weighted by Gasteiger charge is 2.16. The van der Waals surface area contributed by atoms with Crippen LogP contribution in [0.2, 0.25) is 0 Å². The van der Waals surface area contributed by atoms with Crippen LogP contribution in [0.3, 0.4) is 0 Å². The molecule has 0 heterocycles. The van der Waals surface area contributed by atoms with Crippen molar-refractivity contribution in [1.82, 2.24) is 0 Å². The summed E-state index contributed by atoms with van der Waals surface area (Å²) in [5, 5.41) is 18.8. The number of ether oxygens (including phenoxy) is 2. The maximum absolute atomic E-state index is 10.5. The molecule has 0 aliphatic heterocycles. The van der Waals surface area contributed by atoms with Crippen LogP contribution in [-0.2, 0) is 0 Å². The average molecular weight is 213 g/mol. The van der Waals surface area contributed by atoms with Crippen LogP contribution in [0.1, 0.15) is 0 Å². The maximum atomic E-state index is 10.5. The van der Waals surface area contributed by atoms with Crippen molar-refractivity contribution in [2.24, 2.45) is 0 Å². The lowest BCUT2D eigenvalue weighted by atomic mass is 10.3. The first kappa shape index (κ1) is 10.8. The van der Waals surface area contributed by atoms with Crippen molar-refractivity contribution >= 4 is 11.8 Å². The molecule has 0 saturated heterocycles. The van der Waals surface area contributed by atoms with Gasteiger partial charge in [0.25, 0.3) is 0 Å². The van der Waals surface area contributed by atoms with Crippen LogP contribution in [0.5, 0.6) is 11.5 Å². The van der Waals surface area contributed by atoms with Gasteiger partial charge < -0.3 is 14.6 Å². The Hall–Kier alpha value is -2.31. The van der Waals surface area contributed by atoms with E-state index in [-0.39, 0.29) is 17.2 Å². The Bertz CT molecular complexity index is 402. The number of nitro groups is 1. The van der Waals surface area contributed by atoms with E-state index in [4.69, 9.17) is 9.84 Å². The van der Waals surface area contributed by atoms with Crippen molar-refractivity contribution in [2.45, 2.75) is 0 Å². The first-order valence-corrected chi connectivity index (χ1v) is 3.78. The van der Waals surface area contributed by atoms with Gasteiger partial charge in [0.1, 0.15) is 5.75 Å². The van der Waals surface area contributed by atoms with Crippen LogP contribution < -0.4 is 9.47 Å². The summed E-state index contributed by atoms with van der Waals surface area (Å²) < 4.78 is 8.98. The summed E-state index contributed by atoms with van der Waals surface area (Å²) in [7, 11) is 1.28. The van der Waals surface area contributed by atoms with E-state index in [0.29, 0.717) is 0 Å². The fourth-order valence-corrected chi connectivity index (χ4v) is 0.977. The molecule has 0 spiro atoms. The van der Waals surface area contributed by atoms with Gasteiger partial charge in [0.15, 0.2) is 5.75 Å². The summed E-state index contributed by atoms with van der Waals surface area (Å²) in [6, 6.07) is 3.50. The molecule has 0 bridgehead atoms. The molecule has 0 unspecified atom stereocenters. The van der Waals surface area contributed by atoms with E-state index in [0.717, 1.165) is 6.07 Å². The Morgan fingerprint density at radius 3 is 2.67 bits per heavy atom. The monoisotopic (exact) mass is 213 g/mol. The van der Waals surface area contributed by atoms with Crippen LogP contribution in [0, 0.1) is 10.1 Å². The topological polar surface area (TPSA) is 98.9 Å². The summed E-state index contributed by atoms with van der Waals surface area (Å²) in [4.78, 5) is 20.0. The molecule has 1 rings (SSSR count). The lowest BCUT2D eigenvalue weighted by Crippen LogP contribution is -2.03. The van der Waals surface area contributed by atoms with Gasteiger partial charge >= 0.3 is 11.8 Å². The Kier molecular flexibility index (Phi) is 3.06. The molecule has 15 heavy (non-hydrogen) atoms. The van der Waals surface area contributed by atoms with Gasteiger partial charge in [0.05, 0.1) is 18.1 Å². The third-order valence-electron chi connectivity index (χ3n) is 1.55. The predicted octanol–water partition coefficient (Wildman–Crippen LogP) is 1.66. The number of nitrogens with zero attached hydrogens (tertiary/aromatic N) is 1. The van der Waals surface area contributed by atoms with E-state index < -0.39 is 11.1 Å². The molecule has 7 heteroatoms. The highest BCUT2D eigenvalue weighted by atomic mass is 16.7. The number of nitro benzene ring substituents is 1. The number of hydrogen-bond acceptors (Lipinski definition) is 5. The SMILES string of the molecule is COc1ccc(OC(=O)O)cc1[N+](=O)[O-]. The molecular weight excluding hydrogens is 206 g/mol. The lowest BCUT2D eigenvalue weighted by molar-refractivity contribution is -0.385. The highest BCUT2D eigenvalue weighted by molar-refractivity contribution is 5.62. The molecule has 80 valence electrons. The van der Waals surface area contributed by atoms with Crippen molar-refractivity contribution in [3.05, 3.63) is 28.3 Å². The van der Waals surface area contributed by atoms with E-state index in [2.05, 4.69) is 4.74 Å². The molecule has 0 saturated carbocycles. The molecule has 0 aliphatic rings. The summed E-state index contributed by atoms with van der Waals surface area (Å²) in [6.07, 6.45) is -1.53. The zero-order chi connectivity index (χ0) is 11.4. The number of hydrogen-bond donors (Lipinski definition) is 1. The number of methoxy groups -OCH3 is 1. The zero-order valence-electron chi connectivity index (χ0n) is 7.67. The summed E-state index contributed by atoms with van der Waals surface area (Å²) >= 11 is 0. The van der Waals surface area contributed by atoms with Crippen LogP contribution in [-0.4, -0.2) is 23.3 Å².